The summed E-state index contributed by atoms with van der Waals surface area (Å²) in [5.41, 5.74) is 1.18. The van der Waals surface area contributed by atoms with E-state index in [0.29, 0.717) is 5.92 Å². The van der Waals surface area contributed by atoms with E-state index in [9.17, 15) is 4.79 Å². The third kappa shape index (κ3) is 2.47. The quantitative estimate of drug-likeness (QED) is 0.871. The van der Waals surface area contributed by atoms with Crippen molar-refractivity contribution in [3.8, 4) is 0 Å². The largest absolute Gasteiger partial charge is 0.469 e. The number of pyridine rings is 1. The minimum Gasteiger partial charge on any atom is -0.469 e. The van der Waals surface area contributed by atoms with E-state index >= 15 is 0 Å². The highest BCUT2D eigenvalue weighted by molar-refractivity contribution is 5.83. The van der Waals surface area contributed by atoms with Gasteiger partial charge in [0, 0.05) is 56.1 Å². The number of rotatable bonds is 3. The van der Waals surface area contributed by atoms with Crippen LogP contribution in [0.4, 0.5) is 5.69 Å². The van der Waals surface area contributed by atoms with Crippen molar-refractivity contribution in [2.24, 2.45) is 5.92 Å². The number of anilines is 1. The van der Waals surface area contributed by atoms with Gasteiger partial charge in [-0.05, 0) is 30.7 Å². The molecule has 5 heteroatoms. The maximum Gasteiger partial charge on any atom is 0.226 e. The summed E-state index contributed by atoms with van der Waals surface area (Å²) in [5.74, 6) is 1.66. The second-order valence-corrected chi connectivity index (χ2v) is 5.98. The number of furan rings is 1. The highest BCUT2D eigenvalue weighted by Gasteiger charge is 2.47. The second-order valence-electron chi connectivity index (χ2n) is 5.98. The zero-order valence-corrected chi connectivity index (χ0v) is 12.4. The number of nitrogens with zero attached hydrogens (tertiary/aromatic N) is 3. The molecule has 4 rings (SSSR count). The van der Waals surface area contributed by atoms with Crippen LogP contribution in [-0.4, -0.2) is 42.0 Å². The van der Waals surface area contributed by atoms with E-state index in [1.807, 2.05) is 41.6 Å². The SMILES string of the molecule is O=C([C@@H]1C[C@@H]1c1ccco1)N1CCN(c2ccncc2)CC1. The van der Waals surface area contributed by atoms with Gasteiger partial charge in [0.05, 0.1) is 6.26 Å². The number of amides is 1. The Morgan fingerprint density at radius 2 is 1.91 bits per heavy atom. The molecule has 22 heavy (non-hydrogen) atoms. The van der Waals surface area contributed by atoms with Crippen LogP contribution in [0.3, 0.4) is 0 Å². The van der Waals surface area contributed by atoms with Crippen LogP contribution in [0.1, 0.15) is 18.1 Å². The van der Waals surface area contributed by atoms with Crippen LogP contribution in [-0.2, 0) is 4.79 Å². The lowest BCUT2D eigenvalue weighted by Crippen LogP contribution is -2.49. The van der Waals surface area contributed by atoms with Crippen LogP contribution in [0.5, 0.6) is 0 Å². The third-order valence-corrected chi connectivity index (χ3v) is 4.64. The smallest absolute Gasteiger partial charge is 0.226 e. The summed E-state index contributed by atoms with van der Waals surface area (Å²) in [6.07, 6.45) is 6.23. The highest BCUT2D eigenvalue weighted by atomic mass is 16.3. The molecular formula is C17H19N3O2. The van der Waals surface area contributed by atoms with Gasteiger partial charge in [-0.3, -0.25) is 9.78 Å². The topological polar surface area (TPSA) is 49.6 Å². The molecule has 2 fully saturated rings. The molecule has 1 saturated carbocycles. The average Bonchev–Trinajstić information content (AvgIpc) is 3.20. The Morgan fingerprint density at radius 3 is 2.59 bits per heavy atom. The molecule has 2 aromatic rings. The van der Waals surface area contributed by atoms with Gasteiger partial charge >= 0.3 is 0 Å². The summed E-state index contributed by atoms with van der Waals surface area (Å²) >= 11 is 0. The third-order valence-electron chi connectivity index (χ3n) is 4.64. The van der Waals surface area contributed by atoms with Crippen molar-refractivity contribution in [3.05, 3.63) is 48.7 Å². The summed E-state index contributed by atoms with van der Waals surface area (Å²) in [7, 11) is 0. The molecule has 1 saturated heterocycles. The van der Waals surface area contributed by atoms with Crippen LogP contribution in [0.15, 0.2) is 47.3 Å². The van der Waals surface area contributed by atoms with Crippen molar-refractivity contribution in [2.45, 2.75) is 12.3 Å². The maximum absolute atomic E-state index is 12.6. The first-order valence-corrected chi connectivity index (χ1v) is 7.80. The summed E-state index contributed by atoms with van der Waals surface area (Å²) in [5, 5.41) is 0. The molecule has 0 bridgehead atoms. The average molecular weight is 297 g/mol. The zero-order chi connectivity index (χ0) is 14.9. The van der Waals surface area contributed by atoms with Gasteiger partial charge in [0.2, 0.25) is 5.91 Å². The number of carbonyl (C=O) groups excluding carboxylic acids is 1. The molecule has 0 radical (unpaired) electrons. The van der Waals surface area contributed by atoms with Gasteiger partial charge in [0.15, 0.2) is 0 Å². The van der Waals surface area contributed by atoms with E-state index in [2.05, 4.69) is 9.88 Å². The van der Waals surface area contributed by atoms with Crippen LogP contribution >= 0.6 is 0 Å². The molecule has 2 aromatic heterocycles. The number of aromatic nitrogens is 1. The monoisotopic (exact) mass is 297 g/mol. The van der Waals surface area contributed by atoms with Crippen LogP contribution in [0.25, 0.3) is 0 Å². The predicted molar refractivity (Wildman–Crippen MR) is 82.6 cm³/mol. The fraction of sp³-hybridized carbons (Fsp3) is 0.412. The lowest BCUT2D eigenvalue weighted by atomic mass is 10.2. The van der Waals surface area contributed by atoms with E-state index < -0.39 is 0 Å². The van der Waals surface area contributed by atoms with Gasteiger partial charge in [0.25, 0.3) is 0 Å². The molecule has 114 valence electrons. The first-order valence-electron chi connectivity index (χ1n) is 7.80. The standard InChI is InChI=1S/C17H19N3O2/c21-17(15-12-14(15)16-2-1-11-22-16)20-9-7-19(8-10-20)13-3-5-18-6-4-13/h1-6,11,14-15H,7-10,12H2/t14-,15+/m0/s1. The van der Waals surface area contributed by atoms with E-state index in [4.69, 9.17) is 4.42 Å². The minimum absolute atomic E-state index is 0.124. The molecule has 0 unspecified atom stereocenters. The Labute approximate surface area is 129 Å². The van der Waals surface area contributed by atoms with Crippen molar-refractivity contribution < 1.29 is 9.21 Å². The summed E-state index contributed by atoms with van der Waals surface area (Å²) < 4.78 is 5.42. The molecule has 1 aliphatic carbocycles. The molecule has 5 nitrogen and oxygen atoms in total. The fourth-order valence-corrected chi connectivity index (χ4v) is 3.26. The van der Waals surface area contributed by atoms with Crippen molar-refractivity contribution in [1.82, 2.24) is 9.88 Å². The fourth-order valence-electron chi connectivity index (χ4n) is 3.26. The van der Waals surface area contributed by atoms with Crippen molar-refractivity contribution in [3.63, 3.8) is 0 Å². The molecule has 2 atom stereocenters. The van der Waals surface area contributed by atoms with Crippen molar-refractivity contribution in [2.75, 3.05) is 31.1 Å². The second kappa shape index (κ2) is 5.48. The zero-order valence-electron chi connectivity index (χ0n) is 12.4. The van der Waals surface area contributed by atoms with E-state index in [0.717, 1.165) is 38.4 Å². The van der Waals surface area contributed by atoms with Crippen LogP contribution in [0, 0.1) is 5.92 Å². The molecule has 0 N–H and O–H groups in total. The Kier molecular flexibility index (Phi) is 3.33. The molecule has 3 heterocycles. The number of hydrogen-bond acceptors (Lipinski definition) is 4. The maximum atomic E-state index is 12.6. The van der Waals surface area contributed by atoms with E-state index in [-0.39, 0.29) is 11.8 Å². The molecule has 0 spiro atoms. The molecule has 1 aliphatic heterocycles. The van der Waals surface area contributed by atoms with Gasteiger partial charge in [-0.2, -0.15) is 0 Å². The summed E-state index contributed by atoms with van der Waals surface area (Å²) in [6.45, 7) is 3.35. The van der Waals surface area contributed by atoms with Crippen LogP contribution < -0.4 is 4.90 Å². The highest BCUT2D eigenvalue weighted by Crippen LogP contribution is 2.48. The Balaban J connectivity index is 1.33. The molecular weight excluding hydrogens is 278 g/mol. The lowest BCUT2D eigenvalue weighted by Gasteiger charge is -2.36. The van der Waals surface area contributed by atoms with Gasteiger partial charge in [-0.15, -0.1) is 0 Å². The Hall–Kier alpha value is -2.30. The lowest BCUT2D eigenvalue weighted by molar-refractivity contribution is -0.133. The molecule has 2 aliphatic rings. The van der Waals surface area contributed by atoms with Crippen LogP contribution in [0.2, 0.25) is 0 Å². The minimum atomic E-state index is 0.124. The molecule has 0 aromatic carbocycles. The summed E-state index contributed by atoms with van der Waals surface area (Å²) in [6, 6.07) is 7.90. The summed E-state index contributed by atoms with van der Waals surface area (Å²) in [4.78, 5) is 20.9. The van der Waals surface area contributed by atoms with Gasteiger partial charge < -0.3 is 14.2 Å². The number of hydrogen-bond donors (Lipinski definition) is 0. The number of carbonyl (C=O) groups is 1. The first kappa shape index (κ1) is 13.4. The van der Waals surface area contributed by atoms with Gasteiger partial charge in [-0.1, -0.05) is 0 Å². The first-order chi connectivity index (χ1) is 10.8. The van der Waals surface area contributed by atoms with E-state index in [1.54, 1.807) is 6.26 Å². The predicted octanol–water partition coefficient (Wildman–Crippen LogP) is 2.13. The van der Waals surface area contributed by atoms with Gasteiger partial charge in [-0.25, -0.2) is 0 Å². The molecule has 1 amide bonds. The van der Waals surface area contributed by atoms with Crippen molar-refractivity contribution in [1.29, 1.82) is 0 Å². The Morgan fingerprint density at radius 1 is 1.14 bits per heavy atom. The van der Waals surface area contributed by atoms with E-state index in [1.165, 1.54) is 5.69 Å². The Bertz CT molecular complexity index is 633. The number of piperazine rings is 1. The van der Waals surface area contributed by atoms with Crippen molar-refractivity contribution >= 4 is 11.6 Å². The van der Waals surface area contributed by atoms with Gasteiger partial charge in [0.1, 0.15) is 5.76 Å². The normalized spacial score (nSPS) is 24.4.